The Kier molecular flexibility index (Phi) is 6.16. The number of aromatic nitrogens is 2. The van der Waals surface area contributed by atoms with Crippen LogP contribution >= 0.6 is 11.6 Å². The van der Waals surface area contributed by atoms with Gasteiger partial charge in [-0.25, -0.2) is 12.4 Å². The van der Waals surface area contributed by atoms with Gasteiger partial charge in [-0.15, -0.1) is 0 Å². The molecule has 0 saturated heterocycles. The van der Waals surface area contributed by atoms with Crippen LogP contribution in [-0.4, -0.2) is 34.2 Å². The molecule has 3 rings (SSSR count). The molecule has 0 aliphatic rings. The predicted molar refractivity (Wildman–Crippen MR) is 110 cm³/mol. The molecule has 0 spiro atoms. The molecule has 0 saturated carbocycles. The van der Waals surface area contributed by atoms with Gasteiger partial charge in [0, 0.05) is 28.7 Å². The van der Waals surface area contributed by atoms with Gasteiger partial charge >= 0.3 is 5.97 Å². The fraction of sp³-hybridized carbons (Fsp3) is 0.200. The van der Waals surface area contributed by atoms with Gasteiger partial charge in [0.05, 0.1) is 17.0 Å². The minimum Gasteiger partial charge on any atom is -0.481 e. The number of aliphatic carboxylic acids is 1. The second-order valence-corrected chi connectivity index (χ2v) is 8.58. The van der Waals surface area contributed by atoms with Gasteiger partial charge in [-0.1, -0.05) is 23.7 Å². The molecule has 8 heteroatoms. The lowest BCUT2D eigenvalue weighted by molar-refractivity contribution is -0.137. The summed E-state index contributed by atoms with van der Waals surface area (Å²) in [6, 6.07) is 12.2. The Bertz CT molecular complexity index is 1120. The molecule has 0 aliphatic carbocycles. The monoisotopic (exact) mass is 418 g/mol. The van der Waals surface area contributed by atoms with Crippen LogP contribution in [0.5, 0.6) is 0 Å². The fourth-order valence-electron chi connectivity index (χ4n) is 2.98. The molecule has 0 amide bonds. The second-order valence-electron chi connectivity index (χ2n) is 6.29. The highest BCUT2D eigenvalue weighted by Gasteiger charge is 2.20. The summed E-state index contributed by atoms with van der Waals surface area (Å²) in [6.45, 7) is 0. The average Bonchev–Trinajstić information content (AvgIpc) is 3.00. The van der Waals surface area contributed by atoms with Crippen molar-refractivity contribution in [3.63, 3.8) is 0 Å². The topological polar surface area (TPSA) is 89.3 Å². The van der Waals surface area contributed by atoms with E-state index in [0.717, 1.165) is 0 Å². The molecule has 3 aromatic rings. The number of carbonyl (C=O) groups is 1. The highest BCUT2D eigenvalue weighted by atomic mass is 35.5. The molecule has 146 valence electrons. The number of benzene rings is 1. The third-order valence-electron chi connectivity index (χ3n) is 4.18. The summed E-state index contributed by atoms with van der Waals surface area (Å²) in [6.07, 6.45) is 5.50. The van der Waals surface area contributed by atoms with Gasteiger partial charge in [0.2, 0.25) is 10.0 Å². The molecule has 0 aliphatic heterocycles. The van der Waals surface area contributed by atoms with E-state index in [1.807, 2.05) is 6.07 Å². The Morgan fingerprint density at radius 3 is 2.75 bits per heavy atom. The van der Waals surface area contributed by atoms with Crippen LogP contribution in [-0.2, 0) is 21.2 Å². The molecule has 1 aromatic carbocycles. The molecule has 0 atom stereocenters. The van der Waals surface area contributed by atoms with Gasteiger partial charge in [-0.3, -0.25) is 9.78 Å². The first-order valence-corrected chi connectivity index (χ1v) is 10.7. The van der Waals surface area contributed by atoms with E-state index < -0.39 is 16.0 Å². The van der Waals surface area contributed by atoms with Crippen LogP contribution in [0.3, 0.4) is 0 Å². The molecule has 28 heavy (non-hydrogen) atoms. The summed E-state index contributed by atoms with van der Waals surface area (Å²) in [5.41, 5.74) is 1.74. The number of carboxylic acid groups (broad SMARTS) is 1. The number of nitrogens with zero attached hydrogens (tertiary/aromatic N) is 2. The van der Waals surface area contributed by atoms with Crippen molar-refractivity contribution in [2.24, 2.45) is 0 Å². The van der Waals surface area contributed by atoms with E-state index in [1.165, 1.54) is 3.97 Å². The Labute approximate surface area is 168 Å². The number of hydrogen-bond acceptors (Lipinski definition) is 4. The van der Waals surface area contributed by atoms with Gasteiger partial charge in [0.25, 0.3) is 0 Å². The molecule has 6 nitrogen and oxygen atoms in total. The summed E-state index contributed by atoms with van der Waals surface area (Å²) >= 11 is 6.04. The van der Waals surface area contributed by atoms with E-state index in [1.54, 1.807) is 54.7 Å². The van der Waals surface area contributed by atoms with E-state index in [2.05, 4.69) is 4.98 Å². The number of aryl methyl sites for hydroxylation is 1. The summed E-state index contributed by atoms with van der Waals surface area (Å²) in [4.78, 5) is 14.9. The number of carboxylic acids is 1. The summed E-state index contributed by atoms with van der Waals surface area (Å²) in [7, 11) is -3.70. The fourth-order valence-corrected chi connectivity index (χ4v) is 4.62. The molecule has 2 aromatic heterocycles. The van der Waals surface area contributed by atoms with Gasteiger partial charge < -0.3 is 5.11 Å². The third-order valence-corrected chi connectivity index (χ3v) is 6.01. The summed E-state index contributed by atoms with van der Waals surface area (Å²) in [5.74, 6) is -1.12. The second kappa shape index (κ2) is 8.58. The van der Waals surface area contributed by atoms with Crippen molar-refractivity contribution in [3.8, 4) is 0 Å². The molecule has 2 heterocycles. The quantitative estimate of drug-likeness (QED) is 0.597. The SMILES string of the molecule is O=C(O)CCCc1cc2cc(Cl)ccc2n1S(=O)(=O)CC=Cc1ccccn1. The first-order chi connectivity index (χ1) is 13.4. The maximum absolute atomic E-state index is 13.0. The van der Waals surface area contributed by atoms with Crippen LogP contribution in [0.1, 0.15) is 24.2 Å². The standard InChI is InChI=1S/C20H19ClN2O4S/c21-16-9-10-19-15(13-16)14-18(7-3-8-20(24)25)23(19)28(26,27)12-4-6-17-5-1-2-11-22-17/h1-2,4-6,9-11,13-14H,3,7-8,12H2,(H,24,25). The van der Waals surface area contributed by atoms with Crippen molar-refractivity contribution >= 4 is 44.6 Å². The van der Waals surface area contributed by atoms with Crippen molar-refractivity contribution in [2.45, 2.75) is 19.3 Å². The van der Waals surface area contributed by atoms with Crippen LogP contribution in [0.4, 0.5) is 0 Å². The zero-order chi connectivity index (χ0) is 20.1. The number of hydrogen-bond donors (Lipinski definition) is 1. The Morgan fingerprint density at radius 1 is 1.21 bits per heavy atom. The van der Waals surface area contributed by atoms with Crippen molar-refractivity contribution < 1.29 is 18.3 Å². The molecule has 0 unspecified atom stereocenters. The maximum atomic E-state index is 13.0. The van der Waals surface area contributed by atoms with E-state index in [9.17, 15) is 13.2 Å². The summed E-state index contributed by atoms with van der Waals surface area (Å²) < 4.78 is 27.4. The van der Waals surface area contributed by atoms with Gasteiger partial charge in [-0.05, 0) is 55.3 Å². The van der Waals surface area contributed by atoms with Crippen LogP contribution in [0.2, 0.25) is 5.02 Å². The lowest BCUT2D eigenvalue weighted by atomic mass is 10.2. The van der Waals surface area contributed by atoms with Gasteiger partial charge in [0.1, 0.15) is 0 Å². The number of rotatable bonds is 8. The van der Waals surface area contributed by atoms with Crippen molar-refractivity contribution in [1.29, 1.82) is 0 Å². The Morgan fingerprint density at radius 2 is 2.04 bits per heavy atom. The molecule has 0 fully saturated rings. The third kappa shape index (κ3) is 4.79. The van der Waals surface area contributed by atoms with Gasteiger partial charge in [-0.2, -0.15) is 0 Å². The average molecular weight is 419 g/mol. The number of fused-ring (bicyclic) bond motifs is 1. The highest BCUT2D eigenvalue weighted by molar-refractivity contribution is 7.90. The van der Waals surface area contributed by atoms with Crippen LogP contribution in [0, 0.1) is 0 Å². The number of halogens is 1. The first kappa shape index (κ1) is 20.1. The van der Waals surface area contributed by atoms with E-state index in [4.69, 9.17) is 16.7 Å². The summed E-state index contributed by atoms with van der Waals surface area (Å²) in [5, 5.41) is 10.1. The zero-order valence-corrected chi connectivity index (χ0v) is 16.5. The maximum Gasteiger partial charge on any atom is 0.303 e. The Balaban J connectivity index is 1.94. The van der Waals surface area contributed by atoms with Crippen LogP contribution < -0.4 is 0 Å². The van der Waals surface area contributed by atoms with Crippen molar-refractivity contribution in [1.82, 2.24) is 8.96 Å². The normalized spacial score (nSPS) is 12.0. The van der Waals surface area contributed by atoms with Crippen molar-refractivity contribution in [2.75, 3.05) is 5.75 Å². The van der Waals surface area contributed by atoms with Gasteiger partial charge in [0.15, 0.2) is 0 Å². The minimum atomic E-state index is -3.70. The Hall–Kier alpha value is -2.64. The zero-order valence-electron chi connectivity index (χ0n) is 15.0. The molecule has 1 N–H and O–H groups in total. The lowest BCUT2D eigenvalue weighted by Gasteiger charge is -2.10. The molecule has 0 bridgehead atoms. The predicted octanol–water partition coefficient (Wildman–Crippen LogP) is 3.99. The molecule has 0 radical (unpaired) electrons. The van der Waals surface area contributed by atoms with E-state index in [0.29, 0.717) is 40.2 Å². The molecular formula is C20H19ClN2O4S. The minimum absolute atomic E-state index is 0.0259. The lowest BCUT2D eigenvalue weighted by Crippen LogP contribution is -2.18. The smallest absolute Gasteiger partial charge is 0.303 e. The first-order valence-electron chi connectivity index (χ1n) is 8.69. The largest absolute Gasteiger partial charge is 0.481 e. The van der Waals surface area contributed by atoms with E-state index >= 15 is 0 Å². The van der Waals surface area contributed by atoms with E-state index in [-0.39, 0.29) is 12.2 Å². The van der Waals surface area contributed by atoms with Crippen molar-refractivity contribution in [3.05, 3.63) is 71.1 Å². The molecular weight excluding hydrogens is 400 g/mol. The van der Waals surface area contributed by atoms with Crippen LogP contribution in [0.25, 0.3) is 17.0 Å². The highest BCUT2D eigenvalue weighted by Crippen LogP contribution is 2.26. The van der Waals surface area contributed by atoms with Crippen LogP contribution in [0.15, 0.2) is 54.7 Å². The number of pyridine rings is 1.